The highest BCUT2D eigenvalue weighted by Crippen LogP contribution is 2.27. The summed E-state index contributed by atoms with van der Waals surface area (Å²) >= 11 is 0. The highest BCUT2D eigenvalue weighted by Gasteiger charge is 2.24. The Hall–Kier alpha value is -2.13. The lowest BCUT2D eigenvalue weighted by Crippen LogP contribution is -3.08. The minimum atomic E-state index is 0.995. The summed E-state index contributed by atoms with van der Waals surface area (Å²) < 4.78 is 2.53. The molecule has 0 radical (unpaired) electrons. The van der Waals surface area contributed by atoms with Crippen LogP contribution >= 0.6 is 0 Å². The van der Waals surface area contributed by atoms with Gasteiger partial charge >= 0.3 is 0 Å². The Morgan fingerprint density at radius 1 is 1.14 bits per heavy atom. The Labute approximate surface area is 131 Å². The molecule has 1 aromatic carbocycles. The van der Waals surface area contributed by atoms with Crippen LogP contribution in [-0.4, -0.2) is 23.1 Å². The Bertz CT molecular complexity index is 789. The van der Waals surface area contributed by atoms with Gasteiger partial charge in [0, 0.05) is 53.4 Å². The van der Waals surface area contributed by atoms with Crippen LogP contribution in [0.15, 0.2) is 48.7 Å². The van der Waals surface area contributed by atoms with Crippen molar-refractivity contribution in [2.24, 2.45) is 0 Å². The summed E-state index contributed by atoms with van der Waals surface area (Å²) in [6.45, 7) is 3.39. The Morgan fingerprint density at radius 3 is 2.86 bits per heavy atom. The van der Waals surface area contributed by atoms with E-state index in [9.17, 15) is 0 Å². The van der Waals surface area contributed by atoms with Crippen LogP contribution in [-0.2, 0) is 25.9 Å². The zero-order chi connectivity index (χ0) is 14.9. The second kappa shape index (κ2) is 5.58. The van der Waals surface area contributed by atoms with Gasteiger partial charge in [0.15, 0.2) is 0 Å². The average Bonchev–Trinajstić information content (AvgIpc) is 2.87. The number of benzene rings is 1. The molecule has 0 spiro atoms. The lowest BCUT2D eigenvalue weighted by molar-refractivity contribution is -0.895. The Morgan fingerprint density at radius 2 is 2.00 bits per heavy atom. The van der Waals surface area contributed by atoms with Gasteiger partial charge in [0.25, 0.3) is 0 Å². The molecule has 3 aromatic rings. The summed E-state index contributed by atoms with van der Waals surface area (Å²) in [6.07, 6.45) is 4.06. The molecule has 0 saturated heterocycles. The second-order valence-electron chi connectivity index (χ2n) is 6.30. The third-order valence-corrected chi connectivity index (χ3v) is 4.78. The first-order valence-electron chi connectivity index (χ1n) is 8.13. The van der Waals surface area contributed by atoms with E-state index in [-0.39, 0.29) is 0 Å². The Balaban J connectivity index is 1.74. The number of hydrogen-bond donors (Lipinski definition) is 1. The summed E-state index contributed by atoms with van der Waals surface area (Å²) in [5, 5.41) is 1.44. The van der Waals surface area contributed by atoms with Gasteiger partial charge in [-0.1, -0.05) is 24.3 Å². The third kappa shape index (κ3) is 2.32. The Kier molecular flexibility index (Phi) is 3.43. The zero-order valence-corrected chi connectivity index (χ0v) is 13.0. The first-order chi connectivity index (χ1) is 10.8. The molecule has 3 heteroatoms. The molecule has 0 saturated carbocycles. The predicted octanol–water partition coefficient (Wildman–Crippen LogP) is 1.85. The fraction of sp³-hybridized carbons (Fsp3) is 0.316. The molecule has 3 heterocycles. The first-order valence-corrected chi connectivity index (χ1v) is 8.13. The first kappa shape index (κ1) is 13.5. The van der Waals surface area contributed by atoms with Crippen molar-refractivity contribution in [3.8, 4) is 0 Å². The van der Waals surface area contributed by atoms with Gasteiger partial charge in [0.05, 0.1) is 13.6 Å². The average molecular weight is 292 g/mol. The molecule has 0 fully saturated rings. The van der Waals surface area contributed by atoms with Gasteiger partial charge in [-0.3, -0.25) is 4.98 Å². The maximum Gasteiger partial charge on any atom is 0.105 e. The molecule has 2 aromatic heterocycles. The molecule has 4 rings (SSSR count). The van der Waals surface area contributed by atoms with Crippen molar-refractivity contribution in [2.75, 3.05) is 13.6 Å². The van der Waals surface area contributed by atoms with Crippen molar-refractivity contribution in [1.82, 2.24) is 9.55 Å². The summed E-state index contributed by atoms with van der Waals surface area (Å²) in [4.78, 5) is 6.08. The molecule has 22 heavy (non-hydrogen) atoms. The SMILES string of the molecule is C[NH+]1CCc2c(c3ccccc3n2CCc2ccccn2)C1. The lowest BCUT2D eigenvalue weighted by Gasteiger charge is -2.21. The number of rotatable bonds is 3. The fourth-order valence-electron chi connectivity index (χ4n) is 3.66. The van der Waals surface area contributed by atoms with E-state index in [2.05, 4.69) is 53.0 Å². The van der Waals surface area contributed by atoms with E-state index in [1.807, 2.05) is 12.3 Å². The van der Waals surface area contributed by atoms with Gasteiger partial charge in [-0.25, -0.2) is 0 Å². The van der Waals surface area contributed by atoms with Gasteiger partial charge in [0.1, 0.15) is 6.54 Å². The molecule has 1 atom stereocenters. The van der Waals surface area contributed by atoms with Crippen LogP contribution in [0.1, 0.15) is 17.0 Å². The maximum atomic E-state index is 4.46. The van der Waals surface area contributed by atoms with Crippen LogP contribution in [0.4, 0.5) is 0 Å². The van der Waals surface area contributed by atoms with Gasteiger partial charge in [-0.15, -0.1) is 0 Å². The molecule has 1 aliphatic rings. The monoisotopic (exact) mass is 292 g/mol. The quantitative estimate of drug-likeness (QED) is 0.782. The van der Waals surface area contributed by atoms with Crippen LogP contribution in [0.2, 0.25) is 0 Å². The molecule has 1 unspecified atom stereocenters. The number of fused-ring (bicyclic) bond motifs is 3. The summed E-state index contributed by atoms with van der Waals surface area (Å²) in [5.74, 6) is 0. The van der Waals surface area contributed by atoms with E-state index in [4.69, 9.17) is 0 Å². The topological polar surface area (TPSA) is 22.3 Å². The third-order valence-electron chi connectivity index (χ3n) is 4.78. The molecular weight excluding hydrogens is 270 g/mol. The number of para-hydroxylation sites is 1. The summed E-state index contributed by atoms with van der Waals surface area (Å²) in [6, 6.07) is 15.0. The van der Waals surface area contributed by atoms with E-state index in [0.717, 1.165) is 19.5 Å². The largest absolute Gasteiger partial charge is 0.343 e. The van der Waals surface area contributed by atoms with Crippen LogP contribution in [0.5, 0.6) is 0 Å². The number of nitrogens with one attached hydrogen (secondary N) is 1. The number of hydrogen-bond acceptors (Lipinski definition) is 1. The molecule has 3 nitrogen and oxygen atoms in total. The van der Waals surface area contributed by atoms with Gasteiger partial charge in [0.2, 0.25) is 0 Å². The number of likely N-dealkylation sites (N-methyl/N-ethyl adjacent to an activating group) is 1. The molecule has 1 aliphatic heterocycles. The van der Waals surface area contributed by atoms with Crippen molar-refractivity contribution in [2.45, 2.75) is 25.9 Å². The van der Waals surface area contributed by atoms with Crippen LogP contribution in [0.3, 0.4) is 0 Å². The molecule has 112 valence electrons. The minimum absolute atomic E-state index is 0.995. The normalized spacial score (nSPS) is 17.6. The zero-order valence-electron chi connectivity index (χ0n) is 13.0. The number of nitrogens with zero attached hydrogens (tertiary/aromatic N) is 2. The molecule has 0 aliphatic carbocycles. The fourth-order valence-corrected chi connectivity index (χ4v) is 3.66. The van der Waals surface area contributed by atoms with E-state index in [1.54, 1.807) is 16.2 Å². The standard InChI is InChI=1S/C19H21N3/c1-21-12-10-19-17(14-21)16-7-2-3-8-18(16)22(19)13-9-15-6-4-5-11-20-15/h2-8,11H,9-10,12-14H2,1H3/p+1. The van der Waals surface area contributed by atoms with E-state index >= 15 is 0 Å². The van der Waals surface area contributed by atoms with Crippen LogP contribution < -0.4 is 4.90 Å². The number of quaternary nitrogens is 1. The van der Waals surface area contributed by atoms with Crippen LogP contribution in [0, 0.1) is 0 Å². The smallest absolute Gasteiger partial charge is 0.105 e. The van der Waals surface area contributed by atoms with Crippen molar-refractivity contribution < 1.29 is 4.90 Å². The van der Waals surface area contributed by atoms with Crippen molar-refractivity contribution >= 4 is 10.9 Å². The molecule has 0 amide bonds. The number of pyridine rings is 1. The van der Waals surface area contributed by atoms with Crippen molar-refractivity contribution in [3.63, 3.8) is 0 Å². The van der Waals surface area contributed by atoms with E-state index < -0.39 is 0 Å². The lowest BCUT2D eigenvalue weighted by atomic mass is 10.1. The van der Waals surface area contributed by atoms with Gasteiger partial charge in [-0.05, 0) is 18.2 Å². The van der Waals surface area contributed by atoms with Crippen LogP contribution in [0.25, 0.3) is 10.9 Å². The highest BCUT2D eigenvalue weighted by atomic mass is 15.1. The minimum Gasteiger partial charge on any atom is -0.343 e. The molecule has 1 N–H and O–H groups in total. The molecule has 0 bridgehead atoms. The molecular formula is C19H22N3+. The van der Waals surface area contributed by atoms with E-state index in [0.29, 0.717) is 0 Å². The number of aryl methyl sites for hydroxylation is 2. The van der Waals surface area contributed by atoms with Crippen molar-refractivity contribution in [3.05, 3.63) is 65.6 Å². The summed E-state index contributed by atoms with van der Waals surface area (Å²) in [7, 11) is 2.29. The second-order valence-corrected chi connectivity index (χ2v) is 6.30. The maximum absolute atomic E-state index is 4.46. The van der Waals surface area contributed by atoms with Crippen molar-refractivity contribution in [1.29, 1.82) is 0 Å². The van der Waals surface area contributed by atoms with Gasteiger partial charge < -0.3 is 9.47 Å². The summed E-state index contributed by atoms with van der Waals surface area (Å²) in [5.41, 5.74) is 5.66. The predicted molar refractivity (Wildman–Crippen MR) is 89.0 cm³/mol. The number of aromatic nitrogens is 2. The van der Waals surface area contributed by atoms with E-state index in [1.165, 1.54) is 29.6 Å². The highest BCUT2D eigenvalue weighted by molar-refractivity contribution is 5.85. The van der Waals surface area contributed by atoms with Gasteiger partial charge in [-0.2, -0.15) is 0 Å².